The SMILES string of the molecule is CC(C)(C)c1ccc(N(c2ccc(C(C)(C)C)cc2)c2ccc3c(c2)N(c2ccc(-c4ccc(-c5ccccc5)cc4)cc2)c2cc(C(C)(C)C)cc4c2B3c2cccc3c2N4c2cccc4c5ccccc5n-3c24)cc1. The van der Waals surface area contributed by atoms with Crippen LogP contribution in [0.3, 0.4) is 0 Å². The number of para-hydroxylation sites is 3. The number of benzene rings is 10. The van der Waals surface area contributed by atoms with Crippen LogP contribution >= 0.6 is 0 Å². The van der Waals surface area contributed by atoms with Gasteiger partial charge in [-0.05, 0) is 150 Å². The van der Waals surface area contributed by atoms with Gasteiger partial charge in [-0.2, -0.15) is 0 Å². The zero-order valence-electron chi connectivity index (χ0n) is 45.7. The monoisotopic (exact) mass is 995 g/mol. The van der Waals surface area contributed by atoms with Crippen molar-refractivity contribution in [2.45, 2.75) is 78.6 Å². The van der Waals surface area contributed by atoms with Crippen LogP contribution in [-0.4, -0.2) is 11.3 Å². The lowest BCUT2D eigenvalue weighted by Crippen LogP contribution is -2.62. The summed E-state index contributed by atoms with van der Waals surface area (Å²) < 4.78 is 2.54. The van der Waals surface area contributed by atoms with Gasteiger partial charge in [-0.1, -0.05) is 202 Å². The summed E-state index contributed by atoms with van der Waals surface area (Å²) in [5.74, 6) is 0. The zero-order chi connectivity index (χ0) is 52.7. The van der Waals surface area contributed by atoms with Crippen LogP contribution in [0.2, 0.25) is 0 Å². The van der Waals surface area contributed by atoms with Crippen LogP contribution in [-0.2, 0) is 16.2 Å². The zero-order valence-corrected chi connectivity index (χ0v) is 45.7. The molecule has 0 atom stereocenters. The summed E-state index contributed by atoms with van der Waals surface area (Å²) in [6, 6.07) is 82.7. The van der Waals surface area contributed by atoms with Crippen LogP contribution in [0.4, 0.5) is 51.2 Å². The molecule has 0 amide bonds. The number of nitrogens with zero attached hydrogens (tertiary/aromatic N) is 4. The molecule has 11 aromatic rings. The van der Waals surface area contributed by atoms with E-state index in [0.717, 1.165) is 22.7 Å². The molecule has 0 aliphatic carbocycles. The minimum Gasteiger partial charge on any atom is -0.311 e. The molecule has 4 nitrogen and oxygen atoms in total. The predicted octanol–water partition coefficient (Wildman–Crippen LogP) is 17.9. The highest BCUT2D eigenvalue weighted by atomic mass is 15.2. The second-order valence-electron chi connectivity index (χ2n) is 24.7. The van der Waals surface area contributed by atoms with Crippen molar-refractivity contribution in [2.24, 2.45) is 0 Å². The first kappa shape index (κ1) is 47.0. The van der Waals surface area contributed by atoms with Gasteiger partial charge in [0.2, 0.25) is 0 Å². The Kier molecular flexibility index (Phi) is 10.4. The lowest BCUT2D eigenvalue weighted by atomic mass is 9.33. The van der Waals surface area contributed by atoms with E-state index < -0.39 is 0 Å². The summed E-state index contributed by atoms with van der Waals surface area (Å²) in [5.41, 5.74) is 26.9. The molecule has 14 rings (SSSR count). The van der Waals surface area contributed by atoms with Crippen LogP contribution in [0.15, 0.2) is 218 Å². The van der Waals surface area contributed by atoms with E-state index in [1.165, 1.54) is 111 Å². The van der Waals surface area contributed by atoms with E-state index in [1.807, 2.05) is 0 Å². The summed E-state index contributed by atoms with van der Waals surface area (Å²) in [6.07, 6.45) is 0. The van der Waals surface area contributed by atoms with E-state index in [1.54, 1.807) is 0 Å². The van der Waals surface area contributed by atoms with Crippen molar-refractivity contribution < 1.29 is 0 Å². The third-order valence-electron chi connectivity index (χ3n) is 16.8. The van der Waals surface area contributed by atoms with Gasteiger partial charge in [0.1, 0.15) is 0 Å². The van der Waals surface area contributed by atoms with Gasteiger partial charge in [0.15, 0.2) is 0 Å². The molecule has 0 unspecified atom stereocenters. The van der Waals surface area contributed by atoms with Crippen molar-refractivity contribution in [3.8, 4) is 27.9 Å². The minimum atomic E-state index is -0.156. The average molecular weight is 995 g/mol. The summed E-state index contributed by atoms with van der Waals surface area (Å²) in [6.45, 7) is 20.8. The maximum atomic E-state index is 2.63. The first-order chi connectivity index (χ1) is 37.1. The van der Waals surface area contributed by atoms with Gasteiger partial charge in [0.25, 0.3) is 6.71 Å². The molecular weight excluding hydrogens is 932 g/mol. The average Bonchev–Trinajstić information content (AvgIpc) is 3.79. The van der Waals surface area contributed by atoms with Crippen molar-refractivity contribution in [1.29, 1.82) is 0 Å². The Balaban J connectivity index is 1.02. The normalized spacial score (nSPS) is 13.4. The highest BCUT2D eigenvalue weighted by Crippen LogP contribution is 2.53. The molecule has 5 heteroatoms. The van der Waals surface area contributed by atoms with Crippen LogP contribution in [0, 0.1) is 0 Å². The second kappa shape index (κ2) is 17.0. The Morgan fingerprint density at radius 2 is 0.857 bits per heavy atom. The number of rotatable bonds is 6. The molecule has 3 aliphatic rings. The molecule has 1 aromatic heterocycles. The van der Waals surface area contributed by atoms with Crippen LogP contribution in [0.25, 0.3) is 49.7 Å². The van der Waals surface area contributed by atoms with Gasteiger partial charge in [-0.25, -0.2) is 0 Å². The van der Waals surface area contributed by atoms with Crippen molar-refractivity contribution in [2.75, 3.05) is 14.7 Å². The number of hydrogen-bond acceptors (Lipinski definition) is 3. The Bertz CT molecular complexity index is 4070. The predicted molar refractivity (Wildman–Crippen MR) is 330 cm³/mol. The first-order valence-corrected chi connectivity index (χ1v) is 27.5. The van der Waals surface area contributed by atoms with E-state index in [9.17, 15) is 0 Å². The lowest BCUT2D eigenvalue weighted by Gasteiger charge is -2.47. The smallest absolute Gasteiger partial charge is 0.252 e. The maximum absolute atomic E-state index is 2.63. The Hall–Kier alpha value is -8.54. The molecule has 4 heterocycles. The van der Waals surface area contributed by atoms with Crippen molar-refractivity contribution >= 4 is 96.1 Å². The number of aromatic nitrogens is 1. The largest absolute Gasteiger partial charge is 0.311 e. The van der Waals surface area contributed by atoms with Gasteiger partial charge in [0, 0.05) is 50.6 Å². The topological polar surface area (TPSA) is 14.7 Å². The number of hydrogen-bond donors (Lipinski definition) is 0. The lowest BCUT2D eigenvalue weighted by molar-refractivity contribution is 0.590. The molecule has 0 radical (unpaired) electrons. The summed E-state index contributed by atoms with van der Waals surface area (Å²) in [7, 11) is 0. The quantitative estimate of drug-likeness (QED) is 0.154. The standard InChI is InChI=1S/C72H63BN4/c1-70(2,3)50-31-37-53(38-32-50)74(54-39-33-51(34-40-54)71(4,5)6)56-41-42-59-64(45-56)75(55-35-29-49(30-36-55)48-27-25-47(26-28-48)46-17-11-10-12-18-46)65-43-52(72(7,8)9)44-66-67(65)73(59)60-21-16-24-63-69(60)77(66)62-23-15-20-58-57-19-13-14-22-61(57)76(63)68(58)62/h10-45H,1-9H3. The van der Waals surface area contributed by atoms with Gasteiger partial charge in [-0.15, -0.1) is 0 Å². The Labute approximate surface area is 454 Å². The molecule has 3 aliphatic heterocycles. The van der Waals surface area contributed by atoms with Gasteiger partial charge in [0.05, 0.1) is 28.1 Å². The molecular formula is C72H63BN4. The number of anilines is 9. The van der Waals surface area contributed by atoms with Crippen LogP contribution in [0.5, 0.6) is 0 Å². The molecule has 0 saturated heterocycles. The van der Waals surface area contributed by atoms with Crippen molar-refractivity contribution in [1.82, 2.24) is 4.57 Å². The molecule has 0 spiro atoms. The molecule has 0 fully saturated rings. The fraction of sp³-hybridized carbons (Fsp3) is 0.167. The summed E-state index contributed by atoms with van der Waals surface area (Å²) in [5, 5.41) is 2.55. The van der Waals surface area contributed by atoms with Gasteiger partial charge >= 0.3 is 0 Å². The van der Waals surface area contributed by atoms with E-state index >= 15 is 0 Å². The van der Waals surface area contributed by atoms with Crippen molar-refractivity contribution in [3.63, 3.8) is 0 Å². The number of fused-ring (bicyclic) bond motifs is 9. The summed E-state index contributed by atoms with van der Waals surface area (Å²) in [4.78, 5) is 7.67. The van der Waals surface area contributed by atoms with E-state index in [0.29, 0.717) is 0 Å². The Morgan fingerprint density at radius 3 is 1.47 bits per heavy atom. The molecule has 0 bridgehead atoms. The fourth-order valence-electron chi connectivity index (χ4n) is 12.7. The van der Waals surface area contributed by atoms with Gasteiger partial charge < -0.3 is 19.3 Å². The highest BCUT2D eigenvalue weighted by Gasteiger charge is 2.47. The molecule has 0 saturated carbocycles. The fourth-order valence-corrected chi connectivity index (χ4v) is 12.7. The molecule has 0 N–H and O–H groups in total. The van der Waals surface area contributed by atoms with Crippen LogP contribution < -0.4 is 31.1 Å². The third-order valence-corrected chi connectivity index (χ3v) is 16.8. The van der Waals surface area contributed by atoms with E-state index in [-0.39, 0.29) is 23.0 Å². The maximum Gasteiger partial charge on any atom is 0.252 e. The van der Waals surface area contributed by atoms with Crippen LogP contribution in [0.1, 0.15) is 79.0 Å². The van der Waals surface area contributed by atoms with E-state index in [4.69, 9.17) is 0 Å². The molecule has 374 valence electrons. The molecule has 77 heavy (non-hydrogen) atoms. The highest BCUT2D eigenvalue weighted by molar-refractivity contribution is 7.00. The Morgan fingerprint density at radius 1 is 0.351 bits per heavy atom. The van der Waals surface area contributed by atoms with Crippen molar-refractivity contribution in [3.05, 3.63) is 235 Å². The van der Waals surface area contributed by atoms with E-state index in [2.05, 4.69) is 300 Å². The minimum absolute atomic E-state index is 0.0259. The third kappa shape index (κ3) is 7.42. The van der Waals surface area contributed by atoms with Gasteiger partial charge in [-0.3, -0.25) is 0 Å². The molecule has 10 aromatic carbocycles. The second-order valence-corrected chi connectivity index (χ2v) is 24.7. The summed E-state index contributed by atoms with van der Waals surface area (Å²) >= 11 is 0. The first-order valence-electron chi connectivity index (χ1n) is 27.5.